The molecule has 0 unspecified atom stereocenters. The number of nitrogens with one attached hydrogen (secondary N) is 2. The summed E-state index contributed by atoms with van der Waals surface area (Å²) < 4.78 is 10.7. The summed E-state index contributed by atoms with van der Waals surface area (Å²) in [5.74, 6) is 0. The highest BCUT2D eigenvalue weighted by molar-refractivity contribution is 5.57. The molecule has 8 N–H and O–H groups in total. The van der Waals surface area contributed by atoms with E-state index in [0.717, 1.165) is 0 Å². The standard InChI is InChI=1S/C16H24N2O8/c19-5-9-11(21)13(23)15(25-9)17-7-2-1-3-8(4-7)18-16-14(24)12(22)10(6-20)26-16/h1-4,9-24H,5-6H2/t9-,10+,11-,12-,13+,14-,15+,16-/m1/s1. The summed E-state index contributed by atoms with van der Waals surface area (Å²) in [4.78, 5) is 0. The van der Waals surface area contributed by atoms with E-state index in [1.807, 2.05) is 0 Å². The van der Waals surface area contributed by atoms with Gasteiger partial charge in [-0.25, -0.2) is 0 Å². The first-order chi connectivity index (χ1) is 12.4. The van der Waals surface area contributed by atoms with E-state index in [9.17, 15) is 20.4 Å². The van der Waals surface area contributed by atoms with Gasteiger partial charge in [0.25, 0.3) is 0 Å². The second kappa shape index (κ2) is 8.03. The van der Waals surface area contributed by atoms with Crippen molar-refractivity contribution in [3.05, 3.63) is 24.3 Å². The average Bonchev–Trinajstić information content (AvgIpc) is 3.06. The van der Waals surface area contributed by atoms with Crippen molar-refractivity contribution in [1.29, 1.82) is 0 Å². The number of anilines is 2. The lowest BCUT2D eigenvalue weighted by Gasteiger charge is -2.20. The molecule has 2 fully saturated rings. The van der Waals surface area contributed by atoms with Gasteiger partial charge in [-0.1, -0.05) is 6.07 Å². The molecular weight excluding hydrogens is 348 g/mol. The fraction of sp³-hybridized carbons (Fsp3) is 0.625. The molecule has 8 atom stereocenters. The molecule has 10 heteroatoms. The number of hydrogen-bond acceptors (Lipinski definition) is 10. The van der Waals surface area contributed by atoms with Gasteiger partial charge in [-0.15, -0.1) is 0 Å². The molecule has 0 aliphatic carbocycles. The largest absolute Gasteiger partial charge is 0.394 e. The van der Waals surface area contributed by atoms with Crippen molar-refractivity contribution in [2.24, 2.45) is 0 Å². The molecule has 1 aromatic rings. The predicted molar refractivity (Wildman–Crippen MR) is 89.2 cm³/mol. The Kier molecular flexibility index (Phi) is 5.95. The molecular formula is C16H24N2O8. The van der Waals surface area contributed by atoms with Crippen molar-refractivity contribution in [3.8, 4) is 0 Å². The molecule has 0 saturated carbocycles. The maximum atomic E-state index is 9.97. The van der Waals surface area contributed by atoms with Crippen molar-refractivity contribution < 1.29 is 40.1 Å². The van der Waals surface area contributed by atoms with Gasteiger partial charge in [-0.2, -0.15) is 0 Å². The van der Waals surface area contributed by atoms with E-state index in [1.54, 1.807) is 24.3 Å². The van der Waals surface area contributed by atoms with Gasteiger partial charge < -0.3 is 50.7 Å². The Hall–Kier alpha value is -1.50. The summed E-state index contributed by atoms with van der Waals surface area (Å²) in [6.45, 7) is -0.827. The summed E-state index contributed by atoms with van der Waals surface area (Å²) in [6, 6.07) is 6.77. The maximum Gasteiger partial charge on any atom is 0.157 e. The topological polar surface area (TPSA) is 164 Å². The van der Waals surface area contributed by atoms with Crippen LogP contribution in [0, 0.1) is 0 Å². The summed E-state index contributed by atoms with van der Waals surface area (Å²) in [5.41, 5.74) is 1.10. The molecule has 3 rings (SSSR count). The Balaban J connectivity index is 1.64. The Morgan fingerprint density at radius 3 is 1.50 bits per heavy atom. The van der Waals surface area contributed by atoms with Crippen LogP contribution in [0.25, 0.3) is 0 Å². The van der Waals surface area contributed by atoms with Crippen LogP contribution in [0.3, 0.4) is 0 Å². The lowest BCUT2D eigenvalue weighted by Crippen LogP contribution is -2.37. The fourth-order valence-electron chi connectivity index (χ4n) is 3.06. The molecule has 2 aliphatic rings. The van der Waals surface area contributed by atoms with Crippen molar-refractivity contribution in [3.63, 3.8) is 0 Å². The zero-order valence-corrected chi connectivity index (χ0v) is 13.8. The molecule has 146 valence electrons. The lowest BCUT2D eigenvalue weighted by atomic mass is 10.1. The van der Waals surface area contributed by atoms with Crippen LogP contribution in [0.5, 0.6) is 0 Å². The zero-order valence-electron chi connectivity index (χ0n) is 13.8. The fourth-order valence-corrected chi connectivity index (χ4v) is 3.06. The number of benzene rings is 1. The summed E-state index contributed by atoms with van der Waals surface area (Å²) in [7, 11) is 0. The normalized spacial score (nSPS) is 39.9. The van der Waals surface area contributed by atoms with Gasteiger partial charge in [-0.3, -0.25) is 0 Å². The van der Waals surface area contributed by atoms with Crippen LogP contribution >= 0.6 is 0 Å². The van der Waals surface area contributed by atoms with E-state index in [-0.39, 0.29) is 0 Å². The van der Waals surface area contributed by atoms with Crippen molar-refractivity contribution in [2.45, 2.75) is 49.1 Å². The third-order valence-electron chi connectivity index (χ3n) is 4.57. The number of aliphatic hydroxyl groups excluding tert-OH is 6. The Morgan fingerprint density at radius 1 is 0.731 bits per heavy atom. The highest BCUT2D eigenvalue weighted by Crippen LogP contribution is 2.26. The molecule has 0 radical (unpaired) electrons. The first-order valence-electron chi connectivity index (χ1n) is 8.32. The molecule has 1 aromatic carbocycles. The quantitative estimate of drug-likeness (QED) is 0.265. The maximum absolute atomic E-state index is 9.97. The number of hydrogen-bond donors (Lipinski definition) is 8. The van der Waals surface area contributed by atoms with Gasteiger partial charge in [0.15, 0.2) is 12.5 Å². The van der Waals surface area contributed by atoms with Crippen LogP contribution in [-0.4, -0.2) is 92.9 Å². The SMILES string of the molecule is OC[C@@H]1O[C@@H](Nc2cccc(N[C@H]3O[C@H](CO)[C@@H](O)[C@@H]3O)c2)[C@H](O)[C@@H]1O. The Morgan fingerprint density at radius 2 is 1.15 bits per heavy atom. The van der Waals surface area contributed by atoms with Crippen molar-refractivity contribution in [1.82, 2.24) is 0 Å². The second-order valence-electron chi connectivity index (χ2n) is 6.39. The van der Waals surface area contributed by atoms with Crippen LogP contribution < -0.4 is 10.6 Å². The van der Waals surface area contributed by atoms with E-state index >= 15 is 0 Å². The summed E-state index contributed by atoms with van der Waals surface area (Å²) in [5, 5.41) is 63.6. The molecule has 0 spiro atoms. The van der Waals surface area contributed by atoms with Crippen molar-refractivity contribution in [2.75, 3.05) is 23.8 Å². The monoisotopic (exact) mass is 372 g/mol. The minimum Gasteiger partial charge on any atom is -0.394 e. The molecule has 10 nitrogen and oxygen atoms in total. The van der Waals surface area contributed by atoms with Crippen LogP contribution in [0.2, 0.25) is 0 Å². The van der Waals surface area contributed by atoms with Crippen molar-refractivity contribution >= 4 is 11.4 Å². The molecule has 0 aromatic heterocycles. The summed E-state index contributed by atoms with van der Waals surface area (Å²) >= 11 is 0. The zero-order chi connectivity index (χ0) is 18.8. The van der Waals surface area contributed by atoms with Crippen LogP contribution in [0.1, 0.15) is 0 Å². The molecule has 0 bridgehead atoms. The van der Waals surface area contributed by atoms with Gasteiger partial charge in [0, 0.05) is 11.4 Å². The number of rotatable bonds is 6. The minimum atomic E-state index is -1.20. The Labute approximate surface area is 149 Å². The van der Waals surface area contributed by atoms with E-state index < -0.39 is 62.3 Å². The second-order valence-corrected chi connectivity index (χ2v) is 6.39. The third-order valence-corrected chi connectivity index (χ3v) is 4.57. The predicted octanol–water partition coefficient (Wildman–Crippen LogP) is -2.61. The highest BCUT2D eigenvalue weighted by Gasteiger charge is 2.43. The van der Waals surface area contributed by atoms with E-state index in [1.165, 1.54) is 0 Å². The van der Waals surface area contributed by atoms with E-state index in [4.69, 9.17) is 19.7 Å². The van der Waals surface area contributed by atoms with Crippen LogP contribution in [0.15, 0.2) is 24.3 Å². The highest BCUT2D eigenvalue weighted by atomic mass is 16.6. The van der Waals surface area contributed by atoms with Gasteiger partial charge in [0.2, 0.25) is 0 Å². The van der Waals surface area contributed by atoms with Crippen LogP contribution in [-0.2, 0) is 9.47 Å². The van der Waals surface area contributed by atoms with E-state index in [2.05, 4.69) is 10.6 Å². The summed E-state index contributed by atoms with van der Waals surface area (Å²) in [6.07, 6.45) is -8.34. The third kappa shape index (κ3) is 3.77. The average molecular weight is 372 g/mol. The van der Waals surface area contributed by atoms with E-state index in [0.29, 0.717) is 11.4 Å². The number of ether oxygens (including phenoxy) is 2. The van der Waals surface area contributed by atoms with Gasteiger partial charge >= 0.3 is 0 Å². The number of aliphatic hydroxyl groups is 6. The van der Waals surface area contributed by atoms with Gasteiger partial charge in [-0.05, 0) is 18.2 Å². The smallest absolute Gasteiger partial charge is 0.157 e. The van der Waals surface area contributed by atoms with Gasteiger partial charge in [0.1, 0.15) is 36.6 Å². The molecule has 2 saturated heterocycles. The first kappa shape index (κ1) is 19.3. The first-order valence-corrected chi connectivity index (χ1v) is 8.32. The van der Waals surface area contributed by atoms with Gasteiger partial charge in [0.05, 0.1) is 13.2 Å². The molecule has 0 amide bonds. The lowest BCUT2D eigenvalue weighted by molar-refractivity contribution is -0.0154. The molecule has 2 heterocycles. The molecule has 2 aliphatic heterocycles. The minimum absolute atomic E-state index is 0.413. The van der Waals surface area contributed by atoms with Crippen LogP contribution in [0.4, 0.5) is 11.4 Å². The Bertz CT molecular complexity index is 558. The molecule has 26 heavy (non-hydrogen) atoms.